The molecule has 1 aliphatic carbocycles. The van der Waals surface area contributed by atoms with Crippen LogP contribution in [0.3, 0.4) is 0 Å². The monoisotopic (exact) mass is 270 g/mol. The van der Waals surface area contributed by atoms with Gasteiger partial charge in [-0.3, -0.25) is 9.79 Å². The van der Waals surface area contributed by atoms with Crippen LogP contribution in [0.4, 0.5) is 0 Å². The summed E-state index contributed by atoms with van der Waals surface area (Å²) in [5.74, 6) is 1.04. The minimum atomic E-state index is -0.140. The van der Waals surface area contributed by atoms with Crippen LogP contribution in [0.1, 0.15) is 39.0 Å². The van der Waals surface area contributed by atoms with E-state index in [9.17, 15) is 4.79 Å². The van der Waals surface area contributed by atoms with Gasteiger partial charge in [-0.2, -0.15) is 0 Å². The van der Waals surface area contributed by atoms with Gasteiger partial charge < -0.3 is 10.1 Å². The van der Waals surface area contributed by atoms with Gasteiger partial charge in [0.25, 0.3) is 0 Å². The number of nitrogens with one attached hydrogen (secondary N) is 1. The predicted molar refractivity (Wildman–Crippen MR) is 74.9 cm³/mol. The summed E-state index contributed by atoms with van der Waals surface area (Å²) in [5, 5.41) is 4.23. The van der Waals surface area contributed by atoms with Crippen molar-refractivity contribution in [2.24, 2.45) is 10.4 Å². The van der Waals surface area contributed by atoms with E-state index in [1.807, 2.05) is 18.7 Å². The zero-order valence-corrected chi connectivity index (χ0v) is 11.9. The molecule has 0 aromatic rings. The van der Waals surface area contributed by atoms with E-state index in [-0.39, 0.29) is 5.97 Å². The quantitative estimate of drug-likeness (QED) is 0.796. The van der Waals surface area contributed by atoms with Gasteiger partial charge >= 0.3 is 5.97 Å². The van der Waals surface area contributed by atoms with Crippen LogP contribution in [0.2, 0.25) is 0 Å². The normalized spacial score (nSPS) is 21.7. The number of aliphatic imine (C=N–C) groups is 1. The first kappa shape index (κ1) is 13.7. The molecular weight excluding hydrogens is 248 g/mol. The summed E-state index contributed by atoms with van der Waals surface area (Å²) in [6.07, 6.45) is 5.81. The van der Waals surface area contributed by atoms with Crippen molar-refractivity contribution in [1.29, 1.82) is 0 Å². The summed E-state index contributed by atoms with van der Waals surface area (Å²) < 4.78 is 4.88. The van der Waals surface area contributed by atoms with Gasteiger partial charge in [0.2, 0.25) is 0 Å². The smallest absolute Gasteiger partial charge is 0.307 e. The second kappa shape index (κ2) is 6.45. The van der Waals surface area contributed by atoms with Crippen molar-refractivity contribution in [3.8, 4) is 0 Å². The zero-order chi connectivity index (χ0) is 12.8. The fourth-order valence-electron chi connectivity index (χ4n) is 2.59. The van der Waals surface area contributed by atoms with Gasteiger partial charge in [0, 0.05) is 18.8 Å². The topological polar surface area (TPSA) is 50.7 Å². The minimum Gasteiger partial charge on any atom is -0.466 e. The summed E-state index contributed by atoms with van der Waals surface area (Å²) in [6, 6.07) is 0. The molecule has 2 rings (SSSR count). The Bertz CT molecular complexity index is 325. The van der Waals surface area contributed by atoms with Crippen LogP contribution < -0.4 is 5.32 Å². The number of nitrogens with zero attached hydrogens (tertiary/aromatic N) is 1. The maximum atomic E-state index is 11.2. The second-order valence-electron chi connectivity index (χ2n) is 5.10. The Morgan fingerprint density at radius 1 is 1.50 bits per heavy atom. The van der Waals surface area contributed by atoms with Gasteiger partial charge in [-0.05, 0) is 25.2 Å². The van der Waals surface area contributed by atoms with Crippen LogP contribution in [0.15, 0.2) is 4.99 Å². The van der Waals surface area contributed by atoms with Crippen LogP contribution in [0.25, 0.3) is 0 Å². The van der Waals surface area contributed by atoms with Gasteiger partial charge in [-0.1, -0.05) is 24.6 Å². The molecule has 0 radical (unpaired) electrons. The Morgan fingerprint density at radius 3 is 2.89 bits per heavy atom. The largest absolute Gasteiger partial charge is 0.466 e. The van der Waals surface area contributed by atoms with Gasteiger partial charge in [0.05, 0.1) is 13.0 Å². The number of carbonyl (C=O) groups is 1. The Hall–Kier alpha value is -0.710. The first-order chi connectivity index (χ1) is 8.74. The summed E-state index contributed by atoms with van der Waals surface area (Å²) in [6.45, 7) is 3.86. The van der Waals surface area contributed by atoms with Crippen LogP contribution in [-0.4, -0.2) is 36.6 Å². The molecule has 1 fully saturated rings. The predicted octanol–water partition coefficient (Wildman–Crippen LogP) is 2.19. The van der Waals surface area contributed by atoms with Crippen molar-refractivity contribution in [2.45, 2.75) is 39.0 Å². The fraction of sp³-hybridized carbons (Fsp3) is 0.846. The number of hydrogen-bond acceptors (Lipinski definition) is 5. The average molecular weight is 270 g/mol. The van der Waals surface area contributed by atoms with E-state index in [2.05, 4.69) is 10.3 Å². The molecular formula is C13H22N2O2S. The van der Waals surface area contributed by atoms with E-state index in [4.69, 9.17) is 4.74 Å². The number of hydrogen-bond donors (Lipinski definition) is 1. The lowest BCUT2D eigenvalue weighted by Gasteiger charge is -2.31. The van der Waals surface area contributed by atoms with Gasteiger partial charge in [-0.15, -0.1) is 0 Å². The number of carbonyl (C=O) groups excluding carboxylic acids is 1. The Labute approximate surface area is 113 Å². The molecule has 0 aromatic carbocycles. The summed E-state index contributed by atoms with van der Waals surface area (Å²) in [4.78, 5) is 15.8. The Kier molecular flexibility index (Phi) is 4.92. The number of rotatable bonds is 4. The third kappa shape index (κ3) is 3.64. The highest BCUT2D eigenvalue weighted by molar-refractivity contribution is 8.13. The average Bonchev–Trinajstić information content (AvgIpc) is 2.81. The number of ether oxygens (including phenoxy) is 1. The van der Waals surface area contributed by atoms with Gasteiger partial charge in [-0.25, -0.2) is 0 Å². The SMILES string of the molecule is CCOC(=O)CCNC1=NCC2(CCCC2)CS1. The first-order valence-electron chi connectivity index (χ1n) is 6.81. The number of amidine groups is 1. The molecule has 5 heteroatoms. The molecule has 0 unspecified atom stereocenters. The summed E-state index contributed by atoms with van der Waals surface area (Å²) in [7, 11) is 0. The Morgan fingerprint density at radius 2 is 2.28 bits per heavy atom. The van der Waals surface area contributed by atoms with Crippen molar-refractivity contribution < 1.29 is 9.53 Å². The van der Waals surface area contributed by atoms with Crippen molar-refractivity contribution in [2.75, 3.05) is 25.4 Å². The van der Waals surface area contributed by atoms with Crippen molar-refractivity contribution in [1.82, 2.24) is 5.32 Å². The number of thioether (sulfide) groups is 1. The minimum absolute atomic E-state index is 0.140. The lowest BCUT2D eigenvalue weighted by atomic mass is 9.89. The highest BCUT2D eigenvalue weighted by Crippen LogP contribution is 2.43. The van der Waals surface area contributed by atoms with Crippen molar-refractivity contribution in [3.05, 3.63) is 0 Å². The molecule has 1 N–H and O–H groups in total. The molecule has 1 heterocycles. The molecule has 0 amide bonds. The van der Waals surface area contributed by atoms with E-state index in [1.165, 1.54) is 31.4 Å². The molecule has 0 atom stereocenters. The van der Waals surface area contributed by atoms with E-state index < -0.39 is 0 Å². The van der Waals surface area contributed by atoms with E-state index in [0.717, 1.165) is 11.7 Å². The summed E-state index contributed by atoms with van der Waals surface area (Å²) >= 11 is 1.81. The molecule has 1 saturated carbocycles. The highest BCUT2D eigenvalue weighted by Gasteiger charge is 2.36. The maximum Gasteiger partial charge on any atom is 0.307 e. The molecule has 1 aliphatic heterocycles. The molecule has 0 bridgehead atoms. The van der Waals surface area contributed by atoms with Crippen molar-refractivity contribution in [3.63, 3.8) is 0 Å². The second-order valence-corrected chi connectivity index (χ2v) is 6.06. The highest BCUT2D eigenvalue weighted by atomic mass is 32.2. The van der Waals surface area contributed by atoms with Gasteiger partial charge in [0.1, 0.15) is 0 Å². The molecule has 18 heavy (non-hydrogen) atoms. The Balaban J connectivity index is 1.69. The lowest BCUT2D eigenvalue weighted by molar-refractivity contribution is -0.142. The van der Waals surface area contributed by atoms with Crippen LogP contribution in [0.5, 0.6) is 0 Å². The molecule has 1 spiro atoms. The molecule has 2 aliphatic rings. The first-order valence-corrected chi connectivity index (χ1v) is 7.79. The molecule has 4 nitrogen and oxygen atoms in total. The van der Waals surface area contributed by atoms with Crippen LogP contribution in [0, 0.1) is 5.41 Å². The van der Waals surface area contributed by atoms with Crippen molar-refractivity contribution >= 4 is 22.9 Å². The van der Waals surface area contributed by atoms with E-state index in [0.29, 0.717) is 25.0 Å². The van der Waals surface area contributed by atoms with Crippen LogP contribution >= 0.6 is 11.8 Å². The number of esters is 1. The van der Waals surface area contributed by atoms with E-state index >= 15 is 0 Å². The fourth-order valence-corrected chi connectivity index (χ4v) is 3.77. The maximum absolute atomic E-state index is 11.2. The van der Waals surface area contributed by atoms with Crippen LogP contribution in [-0.2, 0) is 9.53 Å². The third-order valence-electron chi connectivity index (χ3n) is 3.65. The lowest BCUT2D eigenvalue weighted by Crippen LogP contribution is -2.34. The zero-order valence-electron chi connectivity index (χ0n) is 11.0. The molecule has 102 valence electrons. The van der Waals surface area contributed by atoms with Gasteiger partial charge in [0.15, 0.2) is 5.17 Å². The molecule has 0 aromatic heterocycles. The standard InChI is InChI=1S/C13H22N2O2S/c1-2-17-11(16)5-8-14-12-15-9-13(10-18-12)6-3-4-7-13/h2-10H2,1H3,(H,14,15). The summed E-state index contributed by atoms with van der Waals surface area (Å²) in [5.41, 5.74) is 0.483. The molecule has 0 saturated heterocycles. The third-order valence-corrected chi connectivity index (χ3v) is 4.95. The van der Waals surface area contributed by atoms with E-state index in [1.54, 1.807) is 0 Å².